The minimum absolute atomic E-state index is 0.287. The molecule has 98 valence electrons. The Hall–Kier alpha value is -0.540. The maximum Gasteiger partial charge on any atom is 0.125 e. The highest BCUT2D eigenvalue weighted by Crippen LogP contribution is 2.35. The van der Waals surface area contributed by atoms with Gasteiger partial charge in [0.25, 0.3) is 0 Å². The van der Waals surface area contributed by atoms with Gasteiger partial charge in [-0.2, -0.15) is 0 Å². The first-order valence-electron chi connectivity index (χ1n) is 6.94. The average Bonchev–Trinajstić information content (AvgIpc) is 2.98. The molecule has 2 nitrogen and oxygen atoms in total. The maximum atomic E-state index is 6.38. The van der Waals surface area contributed by atoms with Crippen LogP contribution in [0.1, 0.15) is 36.8 Å². The molecule has 1 aliphatic carbocycles. The van der Waals surface area contributed by atoms with Crippen LogP contribution in [0.25, 0.3) is 0 Å². The summed E-state index contributed by atoms with van der Waals surface area (Å²) in [6.45, 7) is 0.817. The average molecular weight is 310 g/mol. The van der Waals surface area contributed by atoms with Gasteiger partial charge in [-0.25, -0.2) is 0 Å². The van der Waals surface area contributed by atoms with Crippen LogP contribution < -0.4 is 10.5 Å². The monoisotopic (exact) mass is 309 g/mol. The number of fused-ring (bicyclic) bond motifs is 1. The zero-order valence-electron chi connectivity index (χ0n) is 10.6. The Labute approximate surface area is 117 Å². The van der Waals surface area contributed by atoms with Crippen LogP contribution in [0.2, 0.25) is 0 Å². The Bertz CT molecular complexity index is 440. The molecular formula is C15H20BrNO. The lowest BCUT2D eigenvalue weighted by atomic mass is 9.92. The molecule has 2 N–H and O–H groups in total. The van der Waals surface area contributed by atoms with E-state index in [4.69, 9.17) is 10.5 Å². The zero-order chi connectivity index (χ0) is 12.5. The molecule has 0 bridgehead atoms. The highest BCUT2D eigenvalue weighted by atomic mass is 79.9. The SMILES string of the molecule is NC(Cc1cc(Br)cc2c1OCC2)C1CCCC1. The van der Waals surface area contributed by atoms with Crippen LogP contribution in [0.5, 0.6) is 5.75 Å². The fourth-order valence-corrected chi connectivity index (χ4v) is 3.86. The Morgan fingerprint density at radius 1 is 1.33 bits per heavy atom. The summed E-state index contributed by atoms with van der Waals surface area (Å²) in [5.41, 5.74) is 9.00. The fraction of sp³-hybridized carbons (Fsp3) is 0.600. The molecule has 3 rings (SSSR count). The number of ether oxygens (including phenoxy) is 1. The second-order valence-corrected chi connectivity index (χ2v) is 6.48. The van der Waals surface area contributed by atoms with Gasteiger partial charge in [-0.3, -0.25) is 0 Å². The molecular weight excluding hydrogens is 290 g/mol. The Morgan fingerprint density at radius 3 is 2.89 bits per heavy atom. The summed E-state index contributed by atoms with van der Waals surface area (Å²) >= 11 is 3.59. The molecule has 0 radical (unpaired) electrons. The summed E-state index contributed by atoms with van der Waals surface area (Å²) in [5, 5.41) is 0. The van der Waals surface area contributed by atoms with Gasteiger partial charge < -0.3 is 10.5 Å². The van der Waals surface area contributed by atoms with Crippen molar-refractivity contribution in [3.8, 4) is 5.75 Å². The van der Waals surface area contributed by atoms with E-state index in [2.05, 4.69) is 28.1 Å². The van der Waals surface area contributed by atoms with Crippen LogP contribution in [0.4, 0.5) is 0 Å². The summed E-state index contributed by atoms with van der Waals surface area (Å²) in [6.07, 6.45) is 7.29. The number of halogens is 1. The van der Waals surface area contributed by atoms with Crippen molar-refractivity contribution in [1.82, 2.24) is 0 Å². The largest absolute Gasteiger partial charge is 0.493 e. The van der Waals surface area contributed by atoms with E-state index >= 15 is 0 Å². The van der Waals surface area contributed by atoms with Crippen LogP contribution in [0.15, 0.2) is 16.6 Å². The molecule has 3 heteroatoms. The van der Waals surface area contributed by atoms with Crippen LogP contribution >= 0.6 is 15.9 Å². The summed E-state index contributed by atoms with van der Waals surface area (Å²) < 4.78 is 6.92. The van der Waals surface area contributed by atoms with E-state index in [1.165, 1.54) is 36.8 Å². The molecule has 18 heavy (non-hydrogen) atoms. The topological polar surface area (TPSA) is 35.2 Å². The van der Waals surface area contributed by atoms with Crippen LogP contribution in [0.3, 0.4) is 0 Å². The number of rotatable bonds is 3. The van der Waals surface area contributed by atoms with Crippen LogP contribution in [-0.2, 0) is 12.8 Å². The lowest BCUT2D eigenvalue weighted by molar-refractivity contribution is 0.349. The third-order valence-corrected chi connectivity index (χ3v) is 4.74. The number of hydrogen-bond acceptors (Lipinski definition) is 2. The number of hydrogen-bond donors (Lipinski definition) is 1. The molecule has 1 aliphatic heterocycles. The van der Waals surface area contributed by atoms with E-state index in [0.717, 1.165) is 29.7 Å². The fourth-order valence-electron chi connectivity index (χ4n) is 3.30. The lowest BCUT2D eigenvalue weighted by Crippen LogP contribution is -2.30. The van der Waals surface area contributed by atoms with Crippen molar-refractivity contribution in [2.45, 2.75) is 44.6 Å². The van der Waals surface area contributed by atoms with Crippen molar-refractivity contribution in [1.29, 1.82) is 0 Å². The van der Waals surface area contributed by atoms with Gasteiger partial charge in [-0.1, -0.05) is 28.8 Å². The first-order chi connectivity index (χ1) is 8.74. The zero-order valence-corrected chi connectivity index (χ0v) is 12.2. The molecule has 1 unspecified atom stereocenters. The van der Waals surface area contributed by atoms with Gasteiger partial charge in [0.1, 0.15) is 5.75 Å². The molecule has 0 saturated heterocycles. The minimum Gasteiger partial charge on any atom is -0.493 e. The molecule has 0 aromatic heterocycles. The van der Waals surface area contributed by atoms with E-state index in [9.17, 15) is 0 Å². The second kappa shape index (κ2) is 5.22. The molecule has 0 amide bonds. The molecule has 0 spiro atoms. The number of nitrogens with two attached hydrogens (primary N) is 1. The highest BCUT2D eigenvalue weighted by Gasteiger charge is 2.25. The lowest BCUT2D eigenvalue weighted by Gasteiger charge is -2.20. The normalized spacial score (nSPS) is 20.8. The molecule has 1 fully saturated rings. The molecule has 2 aliphatic rings. The minimum atomic E-state index is 0.287. The Balaban J connectivity index is 1.79. The molecule has 1 saturated carbocycles. The van der Waals surface area contributed by atoms with Crippen molar-refractivity contribution in [3.05, 3.63) is 27.7 Å². The standard InChI is InChI=1S/C15H20BrNO/c16-13-7-11-5-6-18-15(11)12(8-13)9-14(17)10-3-1-2-4-10/h7-8,10,14H,1-6,9,17H2. The number of benzene rings is 1. The quantitative estimate of drug-likeness (QED) is 0.928. The van der Waals surface area contributed by atoms with E-state index in [1.54, 1.807) is 0 Å². The Kier molecular flexibility index (Phi) is 3.62. The van der Waals surface area contributed by atoms with Crippen molar-refractivity contribution in [2.75, 3.05) is 6.61 Å². The van der Waals surface area contributed by atoms with Crippen molar-refractivity contribution >= 4 is 15.9 Å². The van der Waals surface area contributed by atoms with E-state index in [-0.39, 0.29) is 6.04 Å². The molecule has 1 heterocycles. The second-order valence-electron chi connectivity index (χ2n) is 5.56. The summed E-state index contributed by atoms with van der Waals surface area (Å²) in [5.74, 6) is 1.81. The highest BCUT2D eigenvalue weighted by molar-refractivity contribution is 9.10. The van der Waals surface area contributed by atoms with Gasteiger partial charge in [0, 0.05) is 16.9 Å². The smallest absolute Gasteiger partial charge is 0.125 e. The molecule has 1 aromatic carbocycles. The Morgan fingerprint density at radius 2 is 2.11 bits per heavy atom. The van der Waals surface area contributed by atoms with E-state index < -0.39 is 0 Å². The van der Waals surface area contributed by atoms with Crippen molar-refractivity contribution in [2.24, 2.45) is 11.7 Å². The van der Waals surface area contributed by atoms with Crippen molar-refractivity contribution in [3.63, 3.8) is 0 Å². The summed E-state index contributed by atoms with van der Waals surface area (Å²) in [7, 11) is 0. The van der Waals surface area contributed by atoms with Crippen LogP contribution in [0, 0.1) is 5.92 Å². The molecule has 1 aromatic rings. The molecule has 1 atom stereocenters. The van der Waals surface area contributed by atoms with Gasteiger partial charge >= 0.3 is 0 Å². The predicted octanol–water partition coefficient (Wildman–Crippen LogP) is 3.44. The van der Waals surface area contributed by atoms with Gasteiger partial charge in [0.2, 0.25) is 0 Å². The first kappa shape index (κ1) is 12.5. The summed E-state index contributed by atoms with van der Waals surface area (Å²) in [6, 6.07) is 4.64. The maximum absolute atomic E-state index is 6.38. The third kappa shape index (κ3) is 2.43. The summed E-state index contributed by atoms with van der Waals surface area (Å²) in [4.78, 5) is 0. The van der Waals surface area contributed by atoms with E-state index in [0.29, 0.717) is 5.92 Å². The van der Waals surface area contributed by atoms with Gasteiger partial charge in [-0.15, -0.1) is 0 Å². The third-order valence-electron chi connectivity index (χ3n) is 4.29. The predicted molar refractivity (Wildman–Crippen MR) is 77.0 cm³/mol. The van der Waals surface area contributed by atoms with E-state index in [1.807, 2.05) is 0 Å². The van der Waals surface area contributed by atoms with Gasteiger partial charge in [-0.05, 0) is 48.4 Å². The first-order valence-corrected chi connectivity index (χ1v) is 7.73. The van der Waals surface area contributed by atoms with Gasteiger partial charge in [0.05, 0.1) is 6.61 Å². The van der Waals surface area contributed by atoms with Gasteiger partial charge in [0.15, 0.2) is 0 Å². The van der Waals surface area contributed by atoms with Crippen molar-refractivity contribution < 1.29 is 4.74 Å². The van der Waals surface area contributed by atoms with Crippen LogP contribution in [-0.4, -0.2) is 12.6 Å².